The molecule has 1 aliphatic rings. The zero-order valence-electron chi connectivity index (χ0n) is 20.5. The number of anilines is 1. The maximum atomic E-state index is 13.7. The number of amides is 1. The largest absolute Gasteiger partial charge is 0.497 e. The molecule has 1 unspecified atom stereocenters. The number of hydrogen-bond acceptors (Lipinski definition) is 7. The average molecular weight is 527 g/mol. The van der Waals surface area contributed by atoms with Gasteiger partial charge in [-0.3, -0.25) is 24.3 Å². The fourth-order valence-corrected chi connectivity index (χ4v) is 5.32. The lowest BCUT2D eigenvalue weighted by atomic mass is 9.95. The Hall–Kier alpha value is -4.83. The molecule has 0 fully saturated rings. The van der Waals surface area contributed by atoms with Gasteiger partial charge in [-0.25, -0.2) is 4.99 Å². The van der Waals surface area contributed by atoms with E-state index in [4.69, 9.17) is 4.74 Å². The molecule has 9 nitrogen and oxygen atoms in total. The number of methoxy groups -OCH3 is 1. The van der Waals surface area contributed by atoms with E-state index >= 15 is 0 Å². The fraction of sp³-hybridized carbons (Fsp3) is 0.107. The summed E-state index contributed by atoms with van der Waals surface area (Å²) in [6, 6.07) is 21.5. The summed E-state index contributed by atoms with van der Waals surface area (Å²) in [4.78, 5) is 42.9. The van der Waals surface area contributed by atoms with Crippen LogP contribution in [-0.4, -0.2) is 22.5 Å². The van der Waals surface area contributed by atoms with Gasteiger partial charge in [0.05, 0.1) is 33.9 Å². The Balaban J connectivity index is 1.64. The van der Waals surface area contributed by atoms with Crippen molar-refractivity contribution in [2.75, 3.05) is 12.4 Å². The van der Waals surface area contributed by atoms with Crippen molar-refractivity contribution < 1.29 is 14.5 Å². The summed E-state index contributed by atoms with van der Waals surface area (Å²) in [7, 11) is 1.57. The lowest BCUT2D eigenvalue weighted by molar-refractivity contribution is -0.384. The van der Waals surface area contributed by atoms with Gasteiger partial charge in [-0.05, 0) is 60.5 Å². The van der Waals surface area contributed by atoms with Crippen molar-refractivity contribution in [3.8, 4) is 5.75 Å². The zero-order valence-corrected chi connectivity index (χ0v) is 21.3. The molecule has 1 amide bonds. The summed E-state index contributed by atoms with van der Waals surface area (Å²) in [5, 5.41) is 13.9. The maximum absolute atomic E-state index is 13.7. The van der Waals surface area contributed by atoms with Gasteiger partial charge in [-0.2, -0.15) is 0 Å². The molecule has 4 aromatic rings. The third kappa shape index (κ3) is 4.76. The van der Waals surface area contributed by atoms with Gasteiger partial charge in [-0.1, -0.05) is 41.7 Å². The van der Waals surface area contributed by atoms with E-state index in [2.05, 4.69) is 10.3 Å². The van der Waals surface area contributed by atoms with Crippen molar-refractivity contribution in [3.05, 3.63) is 131 Å². The smallest absolute Gasteiger partial charge is 0.271 e. The first kappa shape index (κ1) is 24.8. The van der Waals surface area contributed by atoms with E-state index in [1.54, 1.807) is 56.5 Å². The molecule has 5 rings (SSSR count). The number of carbonyl (C=O) groups excluding carboxylic acids is 1. The summed E-state index contributed by atoms with van der Waals surface area (Å²) in [6.07, 6.45) is 1.67. The molecule has 1 aromatic heterocycles. The molecule has 190 valence electrons. The Morgan fingerprint density at radius 3 is 2.39 bits per heavy atom. The van der Waals surface area contributed by atoms with E-state index in [0.717, 1.165) is 5.56 Å². The van der Waals surface area contributed by atoms with E-state index in [9.17, 15) is 19.7 Å². The van der Waals surface area contributed by atoms with Gasteiger partial charge in [0.15, 0.2) is 4.80 Å². The summed E-state index contributed by atoms with van der Waals surface area (Å²) < 4.78 is 7.22. The van der Waals surface area contributed by atoms with Gasteiger partial charge < -0.3 is 10.1 Å². The van der Waals surface area contributed by atoms with Crippen LogP contribution in [-0.2, 0) is 4.79 Å². The molecule has 1 aliphatic heterocycles. The zero-order chi connectivity index (χ0) is 26.8. The third-order valence-electron chi connectivity index (χ3n) is 6.13. The van der Waals surface area contributed by atoms with Crippen molar-refractivity contribution in [1.82, 2.24) is 4.57 Å². The standard InChI is InChI=1S/C28H22N4O5S/c1-17-24(26(33)30-20-6-4-3-5-7-20)25(19-10-14-22(37-2)15-11-19)31-27(34)23(38-28(31)29-17)16-18-8-12-21(13-9-18)32(35)36/h3-16,25H,1-2H3,(H,30,33)/b23-16-. The number of carbonyl (C=O) groups is 1. The van der Waals surface area contributed by atoms with Crippen LogP contribution in [0.4, 0.5) is 11.4 Å². The second-order valence-corrected chi connectivity index (χ2v) is 9.53. The van der Waals surface area contributed by atoms with Crippen LogP contribution in [0.5, 0.6) is 5.75 Å². The summed E-state index contributed by atoms with van der Waals surface area (Å²) >= 11 is 1.20. The van der Waals surface area contributed by atoms with Crippen molar-refractivity contribution in [3.63, 3.8) is 0 Å². The monoisotopic (exact) mass is 526 g/mol. The number of benzene rings is 3. The molecule has 0 bridgehead atoms. The van der Waals surface area contributed by atoms with Crippen LogP contribution in [0.1, 0.15) is 24.1 Å². The molecule has 0 aliphatic carbocycles. The molecular weight excluding hydrogens is 504 g/mol. The van der Waals surface area contributed by atoms with E-state index in [1.165, 1.54) is 28.0 Å². The molecule has 2 heterocycles. The van der Waals surface area contributed by atoms with E-state index < -0.39 is 11.0 Å². The number of ether oxygens (including phenoxy) is 1. The minimum atomic E-state index is -0.722. The highest BCUT2D eigenvalue weighted by Crippen LogP contribution is 2.31. The number of nitrogens with zero attached hydrogens (tertiary/aromatic N) is 3. The number of hydrogen-bond donors (Lipinski definition) is 1. The fourth-order valence-electron chi connectivity index (χ4n) is 4.28. The number of nitro groups is 1. The van der Waals surface area contributed by atoms with Crippen LogP contribution in [0.3, 0.4) is 0 Å². The lowest BCUT2D eigenvalue weighted by Crippen LogP contribution is -2.40. The molecule has 0 spiro atoms. The molecular formula is C28H22N4O5S. The predicted octanol–water partition coefficient (Wildman–Crippen LogP) is 3.79. The lowest BCUT2D eigenvalue weighted by Gasteiger charge is -2.25. The van der Waals surface area contributed by atoms with Gasteiger partial charge in [-0.15, -0.1) is 0 Å². The quantitative estimate of drug-likeness (QED) is 0.303. The first-order valence-corrected chi connectivity index (χ1v) is 12.4. The van der Waals surface area contributed by atoms with Crippen LogP contribution in [0.25, 0.3) is 6.08 Å². The molecule has 3 aromatic carbocycles. The van der Waals surface area contributed by atoms with Gasteiger partial charge in [0, 0.05) is 17.8 Å². The summed E-state index contributed by atoms with van der Waals surface area (Å²) in [6.45, 7) is 1.75. The van der Waals surface area contributed by atoms with E-state index in [-0.39, 0.29) is 17.2 Å². The maximum Gasteiger partial charge on any atom is 0.271 e. The predicted molar refractivity (Wildman–Crippen MR) is 145 cm³/mol. The molecule has 0 saturated heterocycles. The third-order valence-corrected chi connectivity index (χ3v) is 7.11. The van der Waals surface area contributed by atoms with Crippen LogP contribution in [0.15, 0.2) is 99.9 Å². The van der Waals surface area contributed by atoms with Crippen molar-refractivity contribution in [1.29, 1.82) is 0 Å². The first-order valence-electron chi connectivity index (χ1n) is 11.6. The van der Waals surface area contributed by atoms with Crippen LogP contribution in [0.2, 0.25) is 0 Å². The first-order chi connectivity index (χ1) is 18.4. The number of allylic oxidation sites excluding steroid dienone is 1. The van der Waals surface area contributed by atoms with Gasteiger partial charge in [0.2, 0.25) is 0 Å². The number of fused-ring (bicyclic) bond motifs is 1. The molecule has 1 N–H and O–H groups in total. The number of rotatable bonds is 6. The highest BCUT2D eigenvalue weighted by atomic mass is 32.1. The Kier molecular flexibility index (Phi) is 6.71. The molecule has 0 saturated carbocycles. The second kappa shape index (κ2) is 10.3. The summed E-state index contributed by atoms with van der Waals surface area (Å²) in [5.74, 6) is 0.290. The number of aromatic nitrogens is 1. The SMILES string of the molecule is COc1ccc(C2C(C(=O)Nc3ccccc3)=C(C)N=c3s/c(=C\c4ccc([N+](=O)[O-])cc4)c(=O)n32)cc1. The van der Waals surface area contributed by atoms with Crippen molar-refractivity contribution in [2.45, 2.75) is 13.0 Å². The molecule has 10 heteroatoms. The Morgan fingerprint density at radius 2 is 1.76 bits per heavy atom. The van der Waals surface area contributed by atoms with Crippen LogP contribution >= 0.6 is 11.3 Å². The normalized spacial score (nSPS) is 15.0. The number of nitrogens with one attached hydrogen (secondary N) is 1. The van der Waals surface area contributed by atoms with Gasteiger partial charge in [0.25, 0.3) is 17.2 Å². The van der Waals surface area contributed by atoms with E-state index in [0.29, 0.717) is 37.6 Å². The minimum Gasteiger partial charge on any atom is -0.497 e. The highest BCUT2D eigenvalue weighted by molar-refractivity contribution is 7.07. The van der Waals surface area contributed by atoms with Crippen LogP contribution < -0.4 is 24.9 Å². The summed E-state index contributed by atoms with van der Waals surface area (Å²) in [5.41, 5.74) is 2.50. The number of para-hydroxylation sites is 1. The molecule has 1 atom stereocenters. The second-order valence-electron chi connectivity index (χ2n) is 8.52. The average Bonchev–Trinajstić information content (AvgIpc) is 3.22. The number of thiazole rings is 1. The van der Waals surface area contributed by atoms with Crippen molar-refractivity contribution in [2.24, 2.45) is 4.99 Å². The van der Waals surface area contributed by atoms with Crippen molar-refractivity contribution >= 4 is 34.7 Å². The molecule has 0 radical (unpaired) electrons. The van der Waals surface area contributed by atoms with Gasteiger partial charge >= 0.3 is 0 Å². The molecule has 38 heavy (non-hydrogen) atoms. The van der Waals surface area contributed by atoms with E-state index in [1.807, 2.05) is 30.3 Å². The Labute approximate surface area is 220 Å². The van der Waals surface area contributed by atoms with Crippen LogP contribution in [0, 0.1) is 10.1 Å². The topological polar surface area (TPSA) is 116 Å². The number of non-ortho nitro benzene ring substituents is 1. The van der Waals surface area contributed by atoms with Gasteiger partial charge in [0.1, 0.15) is 5.75 Å². The Bertz CT molecular complexity index is 1740. The highest BCUT2D eigenvalue weighted by Gasteiger charge is 2.32. The number of nitro benzene ring substituents is 1. The Morgan fingerprint density at radius 1 is 1.08 bits per heavy atom. The minimum absolute atomic E-state index is 0.0344.